The van der Waals surface area contributed by atoms with Crippen LogP contribution in [0.3, 0.4) is 0 Å². The zero-order valence-electron chi connectivity index (χ0n) is 20.0. The van der Waals surface area contributed by atoms with Crippen LogP contribution in [-0.2, 0) is 16.9 Å². The molecule has 15 heteroatoms. The molecular weight excluding hydrogens is 522 g/mol. The van der Waals surface area contributed by atoms with Crippen molar-refractivity contribution >= 4 is 26.9 Å². The van der Waals surface area contributed by atoms with Crippen LogP contribution in [-0.4, -0.2) is 63.7 Å². The van der Waals surface area contributed by atoms with Crippen LogP contribution >= 0.6 is 0 Å². The summed E-state index contributed by atoms with van der Waals surface area (Å²) in [5, 5.41) is 2.86. The van der Waals surface area contributed by atoms with E-state index in [4.69, 9.17) is 4.74 Å². The van der Waals surface area contributed by atoms with Crippen molar-refractivity contribution in [2.24, 2.45) is 7.05 Å². The molecule has 1 saturated heterocycles. The molecule has 1 fully saturated rings. The molecular formula is C22H23F4N5O5S. The maximum Gasteiger partial charge on any atom is 0.422 e. The predicted octanol–water partition coefficient (Wildman–Crippen LogP) is 3.24. The molecule has 0 aromatic carbocycles. The van der Waals surface area contributed by atoms with Crippen LogP contribution in [0.15, 0.2) is 18.3 Å². The fourth-order valence-electron chi connectivity index (χ4n) is 3.78. The van der Waals surface area contributed by atoms with Gasteiger partial charge in [-0.1, -0.05) is 0 Å². The minimum Gasteiger partial charge on any atom is -0.478 e. The summed E-state index contributed by atoms with van der Waals surface area (Å²) in [7, 11) is -1.58. The number of hydrogen-bond donors (Lipinski definition) is 1. The molecule has 1 aliphatic heterocycles. The lowest BCUT2D eigenvalue weighted by Crippen LogP contribution is -2.51. The fourth-order valence-corrected chi connectivity index (χ4v) is 5.51. The molecule has 0 aliphatic carbocycles. The van der Waals surface area contributed by atoms with Crippen LogP contribution in [0.4, 0.5) is 17.6 Å². The van der Waals surface area contributed by atoms with E-state index in [0.717, 1.165) is 6.20 Å². The largest absolute Gasteiger partial charge is 0.478 e. The first-order chi connectivity index (χ1) is 17.1. The van der Waals surface area contributed by atoms with E-state index in [-0.39, 0.29) is 41.7 Å². The van der Waals surface area contributed by atoms with Gasteiger partial charge in [0.15, 0.2) is 18.0 Å². The first-order valence-electron chi connectivity index (χ1n) is 11.0. The van der Waals surface area contributed by atoms with Gasteiger partial charge >= 0.3 is 6.18 Å². The Morgan fingerprint density at radius 2 is 1.86 bits per heavy atom. The number of hydrogen-bond acceptors (Lipinski definition) is 8. The van der Waals surface area contributed by atoms with E-state index < -0.39 is 51.5 Å². The van der Waals surface area contributed by atoms with Crippen LogP contribution in [0.25, 0.3) is 11.2 Å². The number of fused-ring (bicyclic) bond motifs is 1. The maximum absolute atomic E-state index is 13.6. The van der Waals surface area contributed by atoms with Gasteiger partial charge in [0, 0.05) is 24.2 Å². The summed E-state index contributed by atoms with van der Waals surface area (Å²) in [5.74, 6) is -2.54. The molecule has 200 valence electrons. The van der Waals surface area contributed by atoms with E-state index in [9.17, 15) is 30.8 Å². The molecule has 1 aliphatic rings. The third-order valence-electron chi connectivity index (χ3n) is 5.91. The molecule has 0 atom stereocenters. The Morgan fingerprint density at radius 3 is 2.51 bits per heavy atom. The number of rotatable bonds is 6. The lowest BCUT2D eigenvalue weighted by molar-refractivity contribution is -0.153. The monoisotopic (exact) mass is 545 g/mol. The van der Waals surface area contributed by atoms with Crippen LogP contribution in [0, 0.1) is 12.7 Å². The van der Waals surface area contributed by atoms with Gasteiger partial charge in [0.1, 0.15) is 21.2 Å². The molecule has 0 saturated carbocycles. The minimum absolute atomic E-state index is 0.0165. The maximum atomic E-state index is 13.6. The van der Waals surface area contributed by atoms with Gasteiger partial charge in [-0.15, -0.1) is 0 Å². The molecule has 3 aromatic heterocycles. The Morgan fingerprint density at radius 1 is 1.19 bits per heavy atom. The van der Waals surface area contributed by atoms with Crippen molar-refractivity contribution in [1.29, 1.82) is 0 Å². The number of imidazole rings is 1. The third kappa shape index (κ3) is 6.09. The molecule has 0 bridgehead atoms. The van der Waals surface area contributed by atoms with Crippen LogP contribution in [0.1, 0.15) is 35.9 Å². The van der Waals surface area contributed by atoms with Gasteiger partial charge in [0.2, 0.25) is 11.7 Å². The Bertz CT molecular complexity index is 1460. The molecule has 4 heterocycles. The van der Waals surface area contributed by atoms with Gasteiger partial charge in [-0.2, -0.15) is 18.2 Å². The summed E-state index contributed by atoms with van der Waals surface area (Å²) >= 11 is 0. The molecule has 0 unspecified atom stereocenters. The van der Waals surface area contributed by atoms with Crippen LogP contribution in [0.5, 0.6) is 17.5 Å². The lowest BCUT2D eigenvalue weighted by atomic mass is 9.95. The highest BCUT2D eigenvalue weighted by molar-refractivity contribution is 7.91. The Labute approximate surface area is 208 Å². The zero-order chi connectivity index (χ0) is 27.2. The molecule has 1 N–H and O–H groups in total. The van der Waals surface area contributed by atoms with E-state index >= 15 is 0 Å². The molecule has 1 amide bonds. The van der Waals surface area contributed by atoms with Gasteiger partial charge in [-0.25, -0.2) is 22.8 Å². The standard InChI is InChI=1S/C22H23F4N5O5S/c1-12-8-14-16(29-19(12)36-20-15(9-13(23)10-27-20)35-11-22(24,25)26)31(3)17(28-14)18(32)30-21(2)4-6-37(33,34)7-5-21/h8-10H,4-7,11H2,1-3H3,(H,30,32). The molecule has 0 radical (unpaired) electrons. The number of alkyl halides is 3. The van der Waals surface area contributed by atoms with Crippen molar-refractivity contribution in [3.8, 4) is 17.5 Å². The summed E-state index contributed by atoms with van der Waals surface area (Å²) in [6, 6.07) is 2.27. The molecule has 37 heavy (non-hydrogen) atoms. The average molecular weight is 546 g/mol. The summed E-state index contributed by atoms with van der Waals surface area (Å²) in [5.41, 5.74) is 0.255. The third-order valence-corrected chi connectivity index (χ3v) is 7.56. The molecule has 3 aromatic rings. The van der Waals surface area contributed by atoms with E-state index in [0.29, 0.717) is 17.1 Å². The second-order valence-electron chi connectivity index (χ2n) is 9.08. The van der Waals surface area contributed by atoms with E-state index in [1.807, 2.05) is 0 Å². The average Bonchev–Trinajstić information content (AvgIpc) is 3.11. The topological polar surface area (TPSA) is 125 Å². The minimum atomic E-state index is -4.66. The highest BCUT2D eigenvalue weighted by Crippen LogP contribution is 2.33. The predicted molar refractivity (Wildman–Crippen MR) is 123 cm³/mol. The van der Waals surface area contributed by atoms with Crippen molar-refractivity contribution in [1.82, 2.24) is 24.8 Å². The zero-order valence-corrected chi connectivity index (χ0v) is 20.8. The number of aryl methyl sites for hydroxylation is 2. The number of halogens is 4. The van der Waals surface area contributed by atoms with Gasteiger partial charge in [0.25, 0.3) is 11.8 Å². The first kappa shape index (κ1) is 26.6. The number of aromatic nitrogens is 4. The van der Waals surface area contributed by atoms with Crippen molar-refractivity contribution in [3.05, 3.63) is 35.5 Å². The number of ether oxygens (including phenoxy) is 2. The van der Waals surface area contributed by atoms with Crippen molar-refractivity contribution in [2.45, 2.75) is 38.4 Å². The summed E-state index contributed by atoms with van der Waals surface area (Å²) in [4.78, 5) is 25.3. The van der Waals surface area contributed by atoms with Crippen molar-refractivity contribution in [2.75, 3.05) is 18.1 Å². The number of carbonyl (C=O) groups is 1. The van der Waals surface area contributed by atoms with Gasteiger partial charge in [0.05, 0.1) is 17.7 Å². The van der Waals surface area contributed by atoms with Gasteiger partial charge in [-0.3, -0.25) is 4.79 Å². The number of pyridine rings is 2. The van der Waals surface area contributed by atoms with Crippen molar-refractivity contribution < 1.29 is 40.2 Å². The SMILES string of the molecule is Cc1cc2nc(C(=O)NC3(C)CCS(=O)(=O)CC3)n(C)c2nc1Oc1ncc(F)cc1OCC(F)(F)F. The highest BCUT2D eigenvalue weighted by atomic mass is 32.2. The molecule has 4 rings (SSSR count). The van der Waals surface area contributed by atoms with Crippen LogP contribution in [0.2, 0.25) is 0 Å². The van der Waals surface area contributed by atoms with Crippen LogP contribution < -0.4 is 14.8 Å². The number of sulfone groups is 1. The Balaban J connectivity index is 1.60. The fraction of sp³-hybridized carbons (Fsp3) is 0.455. The molecule has 0 spiro atoms. The van der Waals surface area contributed by atoms with E-state index in [1.165, 1.54) is 11.6 Å². The summed E-state index contributed by atoms with van der Waals surface area (Å²) in [6.45, 7) is 1.69. The van der Waals surface area contributed by atoms with Gasteiger partial charge < -0.3 is 19.4 Å². The second-order valence-corrected chi connectivity index (χ2v) is 11.4. The first-order valence-corrected chi connectivity index (χ1v) is 12.9. The van der Waals surface area contributed by atoms with E-state index in [2.05, 4.69) is 25.0 Å². The number of nitrogens with zero attached hydrogens (tertiary/aromatic N) is 4. The highest BCUT2D eigenvalue weighted by Gasteiger charge is 2.35. The lowest BCUT2D eigenvalue weighted by Gasteiger charge is -2.34. The Kier molecular flexibility index (Phi) is 6.77. The normalized spacial score (nSPS) is 16.9. The smallest absolute Gasteiger partial charge is 0.422 e. The van der Waals surface area contributed by atoms with Crippen molar-refractivity contribution in [3.63, 3.8) is 0 Å². The second kappa shape index (κ2) is 9.43. The number of amides is 1. The summed E-state index contributed by atoms with van der Waals surface area (Å²) in [6.07, 6.45) is -3.37. The van der Waals surface area contributed by atoms with E-state index in [1.54, 1.807) is 19.9 Å². The summed E-state index contributed by atoms with van der Waals surface area (Å²) < 4.78 is 86.5. The Hall–Kier alpha value is -3.49. The molecule has 10 nitrogen and oxygen atoms in total. The van der Waals surface area contributed by atoms with Gasteiger partial charge in [-0.05, 0) is 32.8 Å². The quantitative estimate of drug-likeness (QED) is 0.468. The number of nitrogens with one attached hydrogen (secondary N) is 1. The number of carbonyl (C=O) groups excluding carboxylic acids is 1.